The summed E-state index contributed by atoms with van der Waals surface area (Å²) in [4.78, 5) is 2.61. The van der Waals surface area contributed by atoms with Gasteiger partial charge in [0.05, 0.1) is 0 Å². The van der Waals surface area contributed by atoms with E-state index in [-0.39, 0.29) is 0 Å². The van der Waals surface area contributed by atoms with E-state index >= 15 is 0 Å². The van der Waals surface area contributed by atoms with Crippen LogP contribution in [0.2, 0.25) is 5.02 Å². The molecule has 0 bridgehead atoms. The van der Waals surface area contributed by atoms with Crippen molar-refractivity contribution in [2.24, 2.45) is 5.41 Å². The summed E-state index contributed by atoms with van der Waals surface area (Å²) in [5.74, 6) is 0. The van der Waals surface area contributed by atoms with Gasteiger partial charge in [-0.3, -0.25) is 4.90 Å². The highest BCUT2D eigenvalue weighted by molar-refractivity contribution is 6.30. The Hall–Kier alpha value is -0.570. The van der Waals surface area contributed by atoms with Crippen molar-refractivity contribution in [1.82, 2.24) is 10.2 Å². The third-order valence-corrected chi connectivity index (χ3v) is 4.56. The van der Waals surface area contributed by atoms with Crippen LogP contribution in [0.3, 0.4) is 0 Å². The number of hydrogen-bond acceptors (Lipinski definition) is 2. The SMILES string of the molecule is CCC1CNC(C(C)(C)C)CN1Cc1cccc(Cl)c1. The van der Waals surface area contributed by atoms with E-state index in [4.69, 9.17) is 11.6 Å². The van der Waals surface area contributed by atoms with Gasteiger partial charge in [0.1, 0.15) is 0 Å². The van der Waals surface area contributed by atoms with E-state index in [2.05, 4.69) is 50.0 Å². The Bertz CT molecular complexity index is 439. The zero-order valence-electron chi connectivity index (χ0n) is 13.1. The average molecular weight is 295 g/mol. The molecule has 1 aliphatic heterocycles. The van der Waals surface area contributed by atoms with E-state index in [1.807, 2.05) is 12.1 Å². The topological polar surface area (TPSA) is 15.3 Å². The number of nitrogens with one attached hydrogen (secondary N) is 1. The predicted molar refractivity (Wildman–Crippen MR) is 87.2 cm³/mol. The van der Waals surface area contributed by atoms with Crippen molar-refractivity contribution in [3.8, 4) is 0 Å². The van der Waals surface area contributed by atoms with Gasteiger partial charge in [-0.2, -0.15) is 0 Å². The van der Waals surface area contributed by atoms with Crippen molar-refractivity contribution in [2.45, 2.75) is 52.7 Å². The van der Waals surface area contributed by atoms with Gasteiger partial charge in [-0.15, -0.1) is 0 Å². The Morgan fingerprint density at radius 3 is 2.70 bits per heavy atom. The van der Waals surface area contributed by atoms with Crippen LogP contribution < -0.4 is 5.32 Å². The van der Waals surface area contributed by atoms with Gasteiger partial charge < -0.3 is 5.32 Å². The summed E-state index contributed by atoms with van der Waals surface area (Å²) in [5.41, 5.74) is 1.61. The molecule has 0 saturated carbocycles. The normalized spacial score (nSPS) is 24.9. The lowest BCUT2D eigenvalue weighted by Crippen LogP contribution is -2.59. The third kappa shape index (κ3) is 3.97. The second-order valence-corrected chi connectivity index (χ2v) is 7.38. The van der Waals surface area contributed by atoms with Crippen molar-refractivity contribution >= 4 is 11.6 Å². The largest absolute Gasteiger partial charge is 0.311 e. The maximum absolute atomic E-state index is 6.10. The average Bonchev–Trinajstić information content (AvgIpc) is 2.37. The summed E-state index contributed by atoms with van der Waals surface area (Å²) in [7, 11) is 0. The maximum atomic E-state index is 6.10. The molecule has 1 heterocycles. The zero-order chi connectivity index (χ0) is 14.8. The molecule has 0 amide bonds. The van der Waals surface area contributed by atoms with Gasteiger partial charge in [0, 0.05) is 36.7 Å². The summed E-state index contributed by atoms with van der Waals surface area (Å²) in [6.45, 7) is 12.4. The lowest BCUT2D eigenvalue weighted by Gasteiger charge is -2.45. The molecule has 2 atom stereocenters. The number of halogens is 1. The van der Waals surface area contributed by atoms with Crippen molar-refractivity contribution in [3.63, 3.8) is 0 Å². The van der Waals surface area contributed by atoms with E-state index in [1.165, 1.54) is 12.0 Å². The molecule has 2 unspecified atom stereocenters. The fraction of sp³-hybridized carbons (Fsp3) is 0.647. The molecule has 1 aliphatic rings. The van der Waals surface area contributed by atoms with Gasteiger partial charge in [-0.05, 0) is 29.5 Å². The van der Waals surface area contributed by atoms with Crippen LogP contribution >= 0.6 is 11.6 Å². The molecule has 0 aromatic heterocycles. The molecular weight excluding hydrogens is 268 g/mol. The van der Waals surface area contributed by atoms with Crippen LogP contribution in [0, 0.1) is 5.41 Å². The fourth-order valence-corrected chi connectivity index (χ4v) is 3.11. The first kappa shape index (κ1) is 15.8. The minimum atomic E-state index is 0.297. The highest BCUT2D eigenvalue weighted by atomic mass is 35.5. The van der Waals surface area contributed by atoms with Crippen LogP contribution in [0.5, 0.6) is 0 Å². The Labute approximate surface area is 128 Å². The summed E-state index contributed by atoms with van der Waals surface area (Å²) in [6.07, 6.45) is 1.18. The minimum absolute atomic E-state index is 0.297. The molecule has 2 rings (SSSR count). The standard InChI is InChI=1S/C17H27ClN2/c1-5-15-10-19-16(17(2,3)4)12-20(15)11-13-7-6-8-14(18)9-13/h6-9,15-16,19H,5,10-12H2,1-4H3. The van der Waals surface area contributed by atoms with E-state index in [1.54, 1.807) is 0 Å². The smallest absolute Gasteiger partial charge is 0.0409 e. The van der Waals surface area contributed by atoms with Crippen LogP contribution in [0.25, 0.3) is 0 Å². The van der Waals surface area contributed by atoms with Crippen LogP contribution in [0.1, 0.15) is 39.7 Å². The number of rotatable bonds is 3. The second kappa shape index (κ2) is 6.46. The van der Waals surface area contributed by atoms with Crippen molar-refractivity contribution in [3.05, 3.63) is 34.9 Å². The summed E-state index contributed by atoms with van der Waals surface area (Å²) < 4.78 is 0. The molecule has 1 aromatic carbocycles. The summed E-state index contributed by atoms with van der Waals surface area (Å²) >= 11 is 6.10. The van der Waals surface area contributed by atoms with Gasteiger partial charge in [0.15, 0.2) is 0 Å². The van der Waals surface area contributed by atoms with Crippen LogP contribution in [0.4, 0.5) is 0 Å². The molecule has 1 aromatic rings. The summed E-state index contributed by atoms with van der Waals surface area (Å²) in [6, 6.07) is 9.41. The molecule has 0 aliphatic carbocycles. The lowest BCUT2D eigenvalue weighted by atomic mass is 9.84. The minimum Gasteiger partial charge on any atom is -0.311 e. The predicted octanol–water partition coefficient (Wildman–Crippen LogP) is 3.94. The van der Waals surface area contributed by atoms with Gasteiger partial charge in [0.2, 0.25) is 0 Å². The first-order valence-electron chi connectivity index (χ1n) is 7.62. The lowest BCUT2D eigenvalue weighted by molar-refractivity contribution is 0.0775. The molecule has 1 N–H and O–H groups in total. The Morgan fingerprint density at radius 2 is 2.10 bits per heavy atom. The first-order valence-corrected chi connectivity index (χ1v) is 8.00. The fourth-order valence-electron chi connectivity index (χ4n) is 2.90. The molecule has 112 valence electrons. The Morgan fingerprint density at radius 1 is 1.35 bits per heavy atom. The van der Waals surface area contributed by atoms with Gasteiger partial charge in [0.25, 0.3) is 0 Å². The van der Waals surface area contributed by atoms with Gasteiger partial charge in [-0.25, -0.2) is 0 Å². The second-order valence-electron chi connectivity index (χ2n) is 6.95. The van der Waals surface area contributed by atoms with E-state index < -0.39 is 0 Å². The van der Waals surface area contributed by atoms with Gasteiger partial charge >= 0.3 is 0 Å². The van der Waals surface area contributed by atoms with Crippen molar-refractivity contribution in [2.75, 3.05) is 13.1 Å². The first-order chi connectivity index (χ1) is 9.40. The highest BCUT2D eigenvalue weighted by Gasteiger charge is 2.33. The molecule has 2 nitrogen and oxygen atoms in total. The van der Waals surface area contributed by atoms with Crippen molar-refractivity contribution in [1.29, 1.82) is 0 Å². The quantitative estimate of drug-likeness (QED) is 0.908. The Kier molecular flexibility index (Phi) is 5.11. The van der Waals surface area contributed by atoms with E-state index in [0.29, 0.717) is 17.5 Å². The molecule has 20 heavy (non-hydrogen) atoms. The molecule has 1 saturated heterocycles. The summed E-state index contributed by atoms with van der Waals surface area (Å²) in [5, 5.41) is 4.55. The van der Waals surface area contributed by atoms with Crippen LogP contribution in [-0.2, 0) is 6.54 Å². The highest BCUT2D eigenvalue weighted by Crippen LogP contribution is 2.25. The molecular formula is C17H27ClN2. The van der Waals surface area contributed by atoms with E-state index in [9.17, 15) is 0 Å². The van der Waals surface area contributed by atoms with Crippen molar-refractivity contribution < 1.29 is 0 Å². The number of hydrogen-bond donors (Lipinski definition) is 1. The molecule has 0 radical (unpaired) electrons. The number of piperazine rings is 1. The van der Waals surface area contributed by atoms with Gasteiger partial charge in [-0.1, -0.05) is 51.4 Å². The van der Waals surface area contributed by atoms with Crippen LogP contribution in [0.15, 0.2) is 24.3 Å². The Balaban J connectivity index is 2.09. The van der Waals surface area contributed by atoms with E-state index in [0.717, 1.165) is 24.7 Å². The maximum Gasteiger partial charge on any atom is 0.0409 e. The molecule has 0 spiro atoms. The monoisotopic (exact) mass is 294 g/mol. The number of benzene rings is 1. The third-order valence-electron chi connectivity index (χ3n) is 4.32. The molecule has 1 fully saturated rings. The zero-order valence-corrected chi connectivity index (χ0v) is 13.9. The molecule has 3 heteroatoms. The van der Waals surface area contributed by atoms with Crippen LogP contribution in [-0.4, -0.2) is 30.1 Å². The number of nitrogens with zero attached hydrogens (tertiary/aromatic N) is 1.